The fraction of sp³-hybridized carbons (Fsp3) is 0.500. The van der Waals surface area contributed by atoms with Crippen molar-refractivity contribution in [3.63, 3.8) is 0 Å². The summed E-state index contributed by atoms with van der Waals surface area (Å²) in [5, 5.41) is 12.5. The average molecular weight is 307 g/mol. The minimum atomic E-state index is -1.53. The summed E-state index contributed by atoms with van der Waals surface area (Å²) in [6.07, 6.45) is 0.477. The van der Waals surface area contributed by atoms with Gasteiger partial charge in [-0.2, -0.15) is 0 Å². The molecule has 0 bridgehead atoms. The van der Waals surface area contributed by atoms with Crippen LogP contribution in [0.3, 0.4) is 0 Å². The molecule has 1 heterocycles. The molecule has 0 saturated heterocycles. The summed E-state index contributed by atoms with van der Waals surface area (Å²) in [6.45, 7) is 4.50. The van der Waals surface area contributed by atoms with Crippen LogP contribution < -0.4 is 10.1 Å². The molecule has 120 valence electrons. The second-order valence-electron chi connectivity index (χ2n) is 5.10. The Morgan fingerprint density at radius 3 is 2.86 bits per heavy atom. The standard InChI is InChI=1S/C16H21NO5/c1-3-5-6-22-10-7-12(15(19)16(20)21-4-2)11-9-14(18)17-13(11)8-10/h7-8,16,20H,3-6,9H2,1-2H3,(H,17,18). The molecule has 0 aromatic heterocycles. The zero-order chi connectivity index (χ0) is 16.1. The van der Waals surface area contributed by atoms with Crippen molar-refractivity contribution < 1.29 is 24.2 Å². The molecule has 2 N–H and O–H groups in total. The summed E-state index contributed by atoms with van der Waals surface area (Å²) >= 11 is 0. The van der Waals surface area contributed by atoms with Gasteiger partial charge in [0.2, 0.25) is 18.0 Å². The van der Waals surface area contributed by atoms with E-state index >= 15 is 0 Å². The van der Waals surface area contributed by atoms with E-state index in [2.05, 4.69) is 12.2 Å². The summed E-state index contributed by atoms with van der Waals surface area (Å²) in [4.78, 5) is 23.9. The lowest BCUT2D eigenvalue weighted by Gasteiger charge is -2.14. The molecule has 1 aromatic rings. The third-order valence-corrected chi connectivity index (χ3v) is 3.42. The van der Waals surface area contributed by atoms with E-state index in [0.717, 1.165) is 12.8 Å². The molecular formula is C16H21NO5. The van der Waals surface area contributed by atoms with Crippen LogP contribution in [0.2, 0.25) is 0 Å². The minimum Gasteiger partial charge on any atom is -0.493 e. The van der Waals surface area contributed by atoms with E-state index in [1.807, 2.05) is 0 Å². The minimum absolute atomic E-state index is 0.116. The van der Waals surface area contributed by atoms with Crippen LogP contribution in [0.4, 0.5) is 5.69 Å². The number of benzene rings is 1. The highest BCUT2D eigenvalue weighted by Gasteiger charge is 2.28. The van der Waals surface area contributed by atoms with E-state index in [-0.39, 0.29) is 24.5 Å². The fourth-order valence-corrected chi connectivity index (χ4v) is 2.31. The summed E-state index contributed by atoms with van der Waals surface area (Å²) in [5.74, 6) is -0.238. The summed E-state index contributed by atoms with van der Waals surface area (Å²) in [5.41, 5.74) is 1.41. The molecule has 1 aromatic carbocycles. The summed E-state index contributed by atoms with van der Waals surface area (Å²) in [6, 6.07) is 3.28. The second-order valence-corrected chi connectivity index (χ2v) is 5.10. The van der Waals surface area contributed by atoms with E-state index in [0.29, 0.717) is 23.6 Å². The number of ether oxygens (including phenoxy) is 2. The molecule has 0 radical (unpaired) electrons. The Bertz CT molecular complexity index is 570. The molecule has 6 nitrogen and oxygen atoms in total. The molecule has 1 aliphatic rings. The van der Waals surface area contributed by atoms with Crippen LogP contribution >= 0.6 is 0 Å². The third-order valence-electron chi connectivity index (χ3n) is 3.42. The maximum absolute atomic E-state index is 12.3. The van der Waals surface area contributed by atoms with Gasteiger partial charge < -0.3 is 19.9 Å². The van der Waals surface area contributed by atoms with Crippen molar-refractivity contribution in [2.24, 2.45) is 0 Å². The van der Waals surface area contributed by atoms with E-state index < -0.39 is 12.1 Å². The number of Topliss-reactive ketones (excluding diaryl/α,β-unsaturated/α-hetero) is 1. The van der Waals surface area contributed by atoms with Crippen molar-refractivity contribution in [1.82, 2.24) is 0 Å². The second kappa shape index (κ2) is 7.38. The summed E-state index contributed by atoms with van der Waals surface area (Å²) < 4.78 is 10.6. The van der Waals surface area contributed by atoms with Gasteiger partial charge in [0, 0.05) is 23.9 Å². The van der Waals surface area contributed by atoms with Crippen LogP contribution in [0.1, 0.15) is 42.6 Å². The predicted octanol–water partition coefficient (Wildman–Crippen LogP) is 1.90. The Labute approximate surface area is 129 Å². The van der Waals surface area contributed by atoms with Gasteiger partial charge in [-0.15, -0.1) is 0 Å². The van der Waals surface area contributed by atoms with Crippen LogP contribution in [-0.4, -0.2) is 36.3 Å². The van der Waals surface area contributed by atoms with E-state index in [1.165, 1.54) is 0 Å². The Morgan fingerprint density at radius 1 is 1.41 bits per heavy atom. The number of carbonyl (C=O) groups excluding carboxylic acids is 2. The highest BCUT2D eigenvalue weighted by molar-refractivity contribution is 6.07. The quantitative estimate of drug-likeness (QED) is 0.435. The highest BCUT2D eigenvalue weighted by Crippen LogP contribution is 2.32. The molecular weight excluding hydrogens is 286 g/mol. The van der Waals surface area contributed by atoms with Crippen LogP contribution in [-0.2, 0) is 16.0 Å². The molecule has 1 aliphatic heterocycles. The lowest BCUT2D eigenvalue weighted by atomic mass is 10.00. The number of unbranched alkanes of at least 4 members (excludes halogenated alkanes) is 1. The van der Waals surface area contributed by atoms with Gasteiger partial charge in [0.1, 0.15) is 5.75 Å². The Hall–Kier alpha value is -1.92. The number of aliphatic hydroxyl groups excluding tert-OH is 1. The first-order chi connectivity index (χ1) is 10.6. The van der Waals surface area contributed by atoms with Gasteiger partial charge in [-0.3, -0.25) is 9.59 Å². The van der Waals surface area contributed by atoms with Crippen molar-refractivity contribution in [3.8, 4) is 5.75 Å². The van der Waals surface area contributed by atoms with Gasteiger partial charge >= 0.3 is 0 Å². The SMILES string of the molecule is CCCCOc1cc2c(c(C(=O)C(O)OCC)c1)CC(=O)N2. The van der Waals surface area contributed by atoms with Crippen molar-refractivity contribution in [1.29, 1.82) is 0 Å². The molecule has 22 heavy (non-hydrogen) atoms. The van der Waals surface area contributed by atoms with Gasteiger partial charge in [-0.1, -0.05) is 13.3 Å². The van der Waals surface area contributed by atoms with Crippen molar-refractivity contribution in [2.45, 2.75) is 39.4 Å². The van der Waals surface area contributed by atoms with Crippen molar-refractivity contribution in [3.05, 3.63) is 23.3 Å². The third kappa shape index (κ3) is 3.64. The molecule has 0 fully saturated rings. The van der Waals surface area contributed by atoms with Gasteiger partial charge in [0.25, 0.3) is 0 Å². The molecule has 0 spiro atoms. The zero-order valence-electron chi connectivity index (χ0n) is 12.8. The number of amides is 1. The highest BCUT2D eigenvalue weighted by atomic mass is 16.6. The first kappa shape index (κ1) is 16.5. The van der Waals surface area contributed by atoms with Gasteiger partial charge in [-0.05, 0) is 25.0 Å². The summed E-state index contributed by atoms with van der Waals surface area (Å²) in [7, 11) is 0. The molecule has 0 saturated carbocycles. The number of fused-ring (bicyclic) bond motifs is 1. The normalized spacial score (nSPS) is 14.4. The number of aliphatic hydroxyl groups is 1. The largest absolute Gasteiger partial charge is 0.493 e. The predicted molar refractivity (Wildman–Crippen MR) is 81.1 cm³/mol. The molecule has 1 amide bonds. The Morgan fingerprint density at radius 2 is 2.18 bits per heavy atom. The van der Waals surface area contributed by atoms with E-state index in [9.17, 15) is 14.7 Å². The van der Waals surface area contributed by atoms with Crippen molar-refractivity contribution in [2.75, 3.05) is 18.5 Å². The molecule has 1 unspecified atom stereocenters. The van der Waals surface area contributed by atoms with Crippen LogP contribution in [0.25, 0.3) is 0 Å². The maximum atomic E-state index is 12.3. The average Bonchev–Trinajstić information content (AvgIpc) is 2.86. The fourth-order valence-electron chi connectivity index (χ4n) is 2.31. The van der Waals surface area contributed by atoms with Gasteiger partial charge in [-0.25, -0.2) is 0 Å². The van der Waals surface area contributed by atoms with Crippen LogP contribution in [0, 0.1) is 0 Å². The lowest BCUT2D eigenvalue weighted by Crippen LogP contribution is -2.25. The van der Waals surface area contributed by atoms with Gasteiger partial charge in [0.15, 0.2) is 0 Å². The molecule has 2 rings (SSSR count). The number of nitrogens with one attached hydrogen (secondary N) is 1. The smallest absolute Gasteiger partial charge is 0.228 e. The Balaban J connectivity index is 2.30. The zero-order valence-corrected chi connectivity index (χ0v) is 12.8. The van der Waals surface area contributed by atoms with Gasteiger partial charge in [0.05, 0.1) is 13.0 Å². The van der Waals surface area contributed by atoms with E-state index in [1.54, 1.807) is 19.1 Å². The molecule has 6 heteroatoms. The first-order valence-corrected chi connectivity index (χ1v) is 7.50. The van der Waals surface area contributed by atoms with E-state index in [4.69, 9.17) is 9.47 Å². The number of ketones is 1. The molecule has 1 atom stereocenters. The van der Waals surface area contributed by atoms with Crippen LogP contribution in [0.15, 0.2) is 12.1 Å². The Kier molecular flexibility index (Phi) is 5.51. The first-order valence-electron chi connectivity index (χ1n) is 7.50. The number of anilines is 1. The topological polar surface area (TPSA) is 84.9 Å². The molecule has 0 aliphatic carbocycles. The number of carbonyl (C=O) groups is 2. The monoisotopic (exact) mass is 307 g/mol. The lowest BCUT2D eigenvalue weighted by molar-refractivity contribution is -0.115. The number of hydrogen-bond donors (Lipinski definition) is 2. The van der Waals surface area contributed by atoms with Crippen LogP contribution in [0.5, 0.6) is 5.75 Å². The maximum Gasteiger partial charge on any atom is 0.228 e. The number of hydrogen-bond acceptors (Lipinski definition) is 5. The number of rotatable bonds is 8. The van der Waals surface area contributed by atoms with Crippen molar-refractivity contribution >= 4 is 17.4 Å².